The zero-order chi connectivity index (χ0) is 9.40. The van der Waals surface area contributed by atoms with Gasteiger partial charge in [-0.25, -0.2) is 4.79 Å². The minimum Gasteiger partial charge on any atom is -0.338 e. The highest BCUT2D eigenvalue weighted by Gasteiger charge is 2.06. The highest BCUT2D eigenvalue weighted by atomic mass is 16.2. The third-order valence-electron chi connectivity index (χ3n) is 1.53. The average Bonchev–Trinajstić information content (AvgIpc) is 2.04. The standard InChI is InChI=1S/C9H16N2O/c1-4-7-8(5-2)11-9(12)10-6-3/h1,8H,5-7H2,2-3H3,(H2,10,11,12). The summed E-state index contributed by atoms with van der Waals surface area (Å²) < 4.78 is 0. The maximum atomic E-state index is 11.0. The molecule has 0 rings (SSSR count). The van der Waals surface area contributed by atoms with Crippen molar-refractivity contribution in [3.05, 3.63) is 0 Å². The quantitative estimate of drug-likeness (QED) is 0.606. The third kappa shape index (κ3) is 4.62. The molecule has 68 valence electrons. The van der Waals surface area contributed by atoms with Crippen molar-refractivity contribution < 1.29 is 4.79 Å². The largest absolute Gasteiger partial charge is 0.338 e. The van der Waals surface area contributed by atoms with Crippen molar-refractivity contribution in [1.82, 2.24) is 10.6 Å². The Hall–Kier alpha value is -1.17. The molecule has 0 bridgehead atoms. The summed E-state index contributed by atoms with van der Waals surface area (Å²) in [6, 6.07) is -0.0406. The molecule has 1 atom stereocenters. The summed E-state index contributed by atoms with van der Waals surface area (Å²) in [5.74, 6) is 2.52. The lowest BCUT2D eigenvalue weighted by Gasteiger charge is -2.13. The summed E-state index contributed by atoms with van der Waals surface area (Å²) in [7, 11) is 0. The van der Waals surface area contributed by atoms with Crippen molar-refractivity contribution in [2.24, 2.45) is 0 Å². The smallest absolute Gasteiger partial charge is 0.315 e. The van der Waals surface area contributed by atoms with E-state index in [0.717, 1.165) is 6.42 Å². The molecule has 12 heavy (non-hydrogen) atoms. The van der Waals surface area contributed by atoms with Crippen molar-refractivity contribution in [2.45, 2.75) is 32.7 Å². The molecule has 3 nitrogen and oxygen atoms in total. The van der Waals surface area contributed by atoms with Gasteiger partial charge >= 0.3 is 6.03 Å². The number of terminal acetylenes is 1. The van der Waals surface area contributed by atoms with E-state index in [1.807, 2.05) is 13.8 Å². The fourth-order valence-corrected chi connectivity index (χ4v) is 0.837. The lowest BCUT2D eigenvalue weighted by Crippen LogP contribution is -2.41. The number of hydrogen-bond donors (Lipinski definition) is 2. The van der Waals surface area contributed by atoms with E-state index in [2.05, 4.69) is 16.6 Å². The zero-order valence-electron chi connectivity index (χ0n) is 7.68. The Bertz CT molecular complexity index is 172. The van der Waals surface area contributed by atoms with E-state index >= 15 is 0 Å². The zero-order valence-corrected chi connectivity index (χ0v) is 7.68. The van der Waals surface area contributed by atoms with Crippen LogP contribution in [0.4, 0.5) is 4.79 Å². The van der Waals surface area contributed by atoms with Gasteiger partial charge < -0.3 is 10.6 Å². The van der Waals surface area contributed by atoms with E-state index < -0.39 is 0 Å². The van der Waals surface area contributed by atoms with Crippen LogP contribution in [0.15, 0.2) is 0 Å². The van der Waals surface area contributed by atoms with Gasteiger partial charge in [0.25, 0.3) is 0 Å². The molecule has 0 saturated heterocycles. The number of nitrogens with one attached hydrogen (secondary N) is 2. The number of urea groups is 1. The van der Waals surface area contributed by atoms with Crippen molar-refractivity contribution >= 4 is 6.03 Å². The Kier molecular flexibility index (Phi) is 5.90. The lowest BCUT2D eigenvalue weighted by atomic mass is 10.2. The molecule has 1 unspecified atom stereocenters. The molecule has 0 aliphatic heterocycles. The fraction of sp³-hybridized carbons (Fsp3) is 0.667. The van der Waals surface area contributed by atoms with Gasteiger partial charge in [0.05, 0.1) is 0 Å². The maximum absolute atomic E-state index is 11.0. The van der Waals surface area contributed by atoms with Crippen molar-refractivity contribution in [1.29, 1.82) is 0 Å². The molecule has 2 amide bonds. The van der Waals surface area contributed by atoms with Crippen LogP contribution in [-0.4, -0.2) is 18.6 Å². The number of hydrogen-bond acceptors (Lipinski definition) is 1. The summed E-state index contributed by atoms with van der Waals surface area (Å²) >= 11 is 0. The summed E-state index contributed by atoms with van der Waals surface area (Å²) in [6.07, 6.45) is 6.59. The lowest BCUT2D eigenvalue weighted by molar-refractivity contribution is 0.237. The summed E-state index contributed by atoms with van der Waals surface area (Å²) in [5.41, 5.74) is 0. The predicted octanol–water partition coefficient (Wildman–Crippen LogP) is 1.11. The van der Waals surface area contributed by atoms with Crippen LogP contribution in [0.1, 0.15) is 26.7 Å². The first kappa shape index (κ1) is 10.8. The molecule has 0 aromatic heterocycles. The first-order chi connectivity index (χ1) is 5.74. The number of amides is 2. The molecule has 0 radical (unpaired) electrons. The first-order valence-corrected chi connectivity index (χ1v) is 4.22. The molecule has 0 aromatic rings. The second-order valence-electron chi connectivity index (χ2n) is 2.52. The van der Waals surface area contributed by atoms with E-state index in [1.165, 1.54) is 0 Å². The molecule has 0 aliphatic rings. The van der Waals surface area contributed by atoms with Crippen molar-refractivity contribution in [3.63, 3.8) is 0 Å². The highest BCUT2D eigenvalue weighted by molar-refractivity contribution is 5.74. The van der Waals surface area contributed by atoms with E-state index in [4.69, 9.17) is 6.42 Å². The van der Waals surface area contributed by atoms with Gasteiger partial charge in [0, 0.05) is 19.0 Å². The van der Waals surface area contributed by atoms with E-state index in [-0.39, 0.29) is 12.1 Å². The van der Waals surface area contributed by atoms with Gasteiger partial charge in [-0.05, 0) is 13.3 Å². The van der Waals surface area contributed by atoms with Gasteiger partial charge in [-0.15, -0.1) is 12.3 Å². The highest BCUT2D eigenvalue weighted by Crippen LogP contribution is 1.94. The predicted molar refractivity (Wildman–Crippen MR) is 49.7 cm³/mol. The SMILES string of the molecule is C#CCC(CC)NC(=O)NCC. The molecule has 0 fully saturated rings. The van der Waals surface area contributed by atoms with E-state index in [9.17, 15) is 4.79 Å². The van der Waals surface area contributed by atoms with Gasteiger partial charge in [0.2, 0.25) is 0 Å². The second kappa shape index (κ2) is 6.53. The Labute approximate surface area is 73.9 Å². The molecule has 3 heteroatoms. The second-order valence-corrected chi connectivity index (χ2v) is 2.52. The maximum Gasteiger partial charge on any atom is 0.315 e. The average molecular weight is 168 g/mol. The van der Waals surface area contributed by atoms with Crippen LogP contribution in [0, 0.1) is 12.3 Å². The molecule has 0 spiro atoms. The first-order valence-electron chi connectivity index (χ1n) is 4.22. The van der Waals surface area contributed by atoms with Crippen molar-refractivity contribution in [2.75, 3.05) is 6.54 Å². The van der Waals surface area contributed by atoms with Crippen LogP contribution in [0.25, 0.3) is 0 Å². The summed E-state index contributed by atoms with van der Waals surface area (Å²) in [5, 5.41) is 5.43. The topological polar surface area (TPSA) is 41.1 Å². The van der Waals surface area contributed by atoms with Gasteiger partial charge in [-0.2, -0.15) is 0 Å². The number of rotatable bonds is 4. The molecule has 0 aromatic carbocycles. The Morgan fingerprint density at radius 1 is 1.58 bits per heavy atom. The number of carbonyl (C=O) groups is 1. The summed E-state index contributed by atoms with van der Waals surface area (Å²) in [4.78, 5) is 11.0. The van der Waals surface area contributed by atoms with E-state index in [1.54, 1.807) is 0 Å². The minimum absolute atomic E-state index is 0.0987. The van der Waals surface area contributed by atoms with E-state index in [0.29, 0.717) is 13.0 Å². The van der Waals surface area contributed by atoms with Crippen LogP contribution in [0.5, 0.6) is 0 Å². The Balaban J connectivity index is 3.70. The molecular weight excluding hydrogens is 152 g/mol. The van der Waals surface area contributed by atoms with Gasteiger partial charge in [0.1, 0.15) is 0 Å². The Morgan fingerprint density at radius 2 is 2.25 bits per heavy atom. The van der Waals surface area contributed by atoms with Crippen LogP contribution in [-0.2, 0) is 0 Å². The summed E-state index contributed by atoms with van der Waals surface area (Å²) in [6.45, 7) is 4.51. The number of carbonyl (C=O) groups excluding carboxylic acids is 1. The third-order valence-corrected chi connectivity index (χ3v) is 1.53. The van der Waals surface area contributed by atoms with Crippen LogP contribution >= 0.6 is 0 Å². The van der Waals surface area contributed by atoms with Crippen LogP contribution in [0.2, 0.25) is 0 Å². The van der Waals surface area contributed by atoms with Crippen LogP contribution < -0.4 is 10.6 Å². The fourth-order valence-electron chi connectivity index (χ4n) is 0.837. The minimum atomic E-state index is -0.139. The molecule has 0 aliphatic carbocycles. The van der Waals surface area contributed by atoms with Crippen LogP contribution in [0.3, 0.4) is 0 Å². The Morgan fingerprint density at radius 3 is 2.67 bits per heavy atom. The molecular formula is C9H16N2O. The molecule has 2 N–H and O–H groups in total. The normalized spacial score (nSPS) is 11.4. The monoisotopic (exact) mass is 168 g/mol. The van der Waals surface area contributed by atoms with Crippen molar-refractivity contribution in [3.8, 4) is 12.3 Å². The van der Waals surface area contributed by atoms with Gasteiger partial charge in [0.15, 0.2) is 0 Å². The van der Waals surface area contributed by atoms with Gasteiger partial charge in [-0.3, -0.25) is 0 Å². The van der Waals surface area contributed by atoms with Gasteiger partial charge in [-0.1, -0.05) is 6.92 Å². The molecule has 0 saturated carbocycles. The molecule has 0 heterocycles.